The Bertz CT molecular complexity index is 1430. The lowest BCUT2D eigenvalue weighted by molar-refractivity contribution is 0.596. The van der Waals surface area contributed by atoms with E-state index < -0.39 is 0 Å². The number of rotatable bonds is 6. The van der Waals surface area contributed by atoms with Crippen molar-refractivity contribution in [2.75, 3.05) is 0 Å². The number of pyridine rings is 1. The van der Waals surface area contributed by atoms with E-state index in [4.69, 9.17) is 4.98 Å². The van der Waals surface area contributed by atoms with Gasteiger partial charge < -0.3 is 0 Å². The summed E-state index contributed by atoms with van der Waals surface area (Å²) in [5, 5.41) is 1.53. The average molecular weight is 448 g/mol. The number of hydrogen-bond donors (Lipinski definition) is 0. The average Bonchev–Trinajstić information content (AvgIpc) is 3.17. The Morgan fingerprint density at radius 3 is 2.68 bits per heavy atom. The molecule has 0 radical (unpaired) electrons. The first-order valence-electron chi connectivity index (χ1n) is 9.88. The first-order valence-corrected chi connectivity index (χ1v) is 11.7. The Hall–Kier alpha value is -3.03. The van der Waals surface area contributed by atoms with E-state index in [0.717, 1.165) is 27.8 Å². The monoisotopic (exact) mass is 447 g/mol. The molecule has 3 aromatic heterocycles. The van der Waals surface area contributed by atoms with Crippen LogP contribution in [0.5, 0.6) is 0 Å². The van der Waals surface area contributed by atoms with Gasteiger partial charge in [0.25, 0.3) is 5.56 Å². The van der Waals surface area contributed by atoms with E-state index in [1.54, 1.807) is 16.8 Å². The van der Waals surface area contributed by atoms with Gasteiger partial charge in [0.15, 0.2) is 5.16 Å². The predicted octanol–water partition coefficient (Wildman–Crippen LogP) is 5.68. The van der Waals surface area contributed by atoms with Gasteiger partial charge in [-0.2, -0.15) is 0 Å². The maximum atomic E-state index is 13.6. The molecule has 0 aliphatic carbocycles. The smallest absolute Gasteiger partial charge is 0.272 e. The third-order valence-corrected chi connectivity index (χ3v) is 7.18. The van der Waals surface area contributed by atoms with Crippen molar-refractivity contribution >= 4 is 43.5 Å². The van der Waals surface area contributed by atoms with Crippen LogP contribution in [0.3, 0.4) is 0 Å². The van der Waals surface area contributed by atoms with Crippen LogP contribution < -0.4 is 5.56 Å². The van der Waals surface area contributed by atoms with Gasteiger partial charge in [-0.1, -0.05) is 54.2 Å². The van der Waals surface area contributed by atoms with Gasteiger partial charge in [0.1, 0.15) is 15.3 Å². The predicted molar refractivity (Wildman–Crippen MR) is 125 cm³/mol. The van der Waals surface area contributed by atoms with Gasteiger partial charge >= 0.3 is 0 Å². The number of aromatic nitrogens is 3. The molecule has 0 saturated carbocycles. The molecule has 0 N–H and O–H groups in total. The fourth-order valence-corrected chi connectivity index (χ4v) is 5.50. The summed E-state index contributed by atoms with van der Waals surface area (Å²) < 4.78 is 16.0. The number of aryl methyl sites for hydroxylation is 1. The quantitative estimate of drug-likeness (QED) is 0.248. The summed E-state index contributed by atoms with van der Waals surface area (Å²) in [4.78, 5) is 23.5. The summed E-state index contributed by atoms with van der Waals surface area (Å²) in [6.07, 6.45) is 2.45. The van der Waals surface area contributed by atoms with Gasteiger partial charge in [-0.15, -0.1) is 11.3 Å². The van der Waals surface area contributed by atoms with Gasteiger partial charge in [0.2, 0.25) is 0 Å². The highest BCUT2D eigenvalue weighted by atomic mass is 32.2. The number of thiophene rings is 1. The number of fused-ring (bicyclic) bond motifs is 3. The maximum Gasteiger partial charge on any atom is 0.272 e. The van der Waals surface area contributed by atoms with E-state index in [-0.39, 0.29) is 11.4 Å². The molecule has 5 rings (SSSR count). The normalized spacial score (nSPS) is 11.4. The fourth-order valence-electron chi connectivity index (χ4n) is 3.51. The van der Waals surface area contributed by atoms with E-state index in [9.17, 15) is 9.18 Å². The highest BCUT2D eigenvalue weighted by Gasteiger charge is 2.17. The minimum absolute atomic E-state index is 0.0503. The van der Waals surface area contributed by atoms with Crippen molar-refractivity contribution in [3.05, 3.63) is 100 Å². The summed E-state index contributed by atoms with van der Waals surface area (Å²) in [5.74, 6) is 0.263. The first-order chi connectivity index (χ1) is 15.2. The Morgan fingerprint density at radius 2 is 1.84 bits per heavy atom. The summed E-state index contributed by atoms with van der Waals surface area (Å²) >= 11 is 2.84. The van der Waals surface area contributed by atoms with Crippen molar-refractivity contribution in [3.63, 3.8) is 0 Å². The van der Waals surface area contributed by atoms with Crippen LogP contribution in [0.2, 0.25) is 0 Å². The molecule has 0 saturated heterocycles. The van der Waals surface area contributed by atoms with Crippen LogP contribution >= 0.6 is 23.1 Å². The van der Waals surface area contributed by atoms with Crippen LogP contribution in [-0.2, 0) is 18.7 Å². The molecule has 0 bridgehead atoms. The van der Waals surface area contributed by atoms with Crippen LogP contribution in [0.25, 0.3) is 20.4 Å². The molecular weight excluding hydrogens is 429 g/mol. The zero-order valence-corrected chi connectivity index (χ0v) is 18.1. The molecule has 0 fully saturated rings. The lowest BCUT2D eigenvalue weighted by Crippen LogP contribution is -2.23. The van der Waals surface area contributed by atoms with Gasteiger partial charge in [0, 0.05) is 23.9 Å². The van der Waals surface area contributed by atoms with Crippen molar-refractivity contribution in [3.8, 4) is 0 Å². The molecule has 0 atom stereocenters. The number of benzene rings is 2. The highest BCUT2D eigenvalue weighted by molar-refractivity contribution is 7.98. The second-order valence-corrected chi connectivity index (χ2v) is 9.08. The molecule has 0 aliphatic rings. The summed E-state index contributed by atoms with van der Waals surface area (Å²) in [6, 6.07) is 20.4. The molecule has 0 spiro atoms. The molecule has 7 heteroatoms. The molecule has 5 aromatic rings. The zero-order valence-electron chi connectivity index (χ0n) is 16.5. The number of nitrogens with zero attached hydrogens (tertiary/aromatic N) is 3. The standard InChI is InChI=1S/C24H18FN3OS2/c25-18-9-4-8-17(14-18)15-30-24-27-20-19-10-5-12-26-22(19)31-21(20)23(29)28(24)13-11-16-6-2-1-3-7-16/h1-10,12,14H,11,13,15H2. The minimum Gasteiger partial charge on any atom is -0.286 e. The molecule has 3 heterocycles. The minimum atomic E-state index is -0.266. The molecule has 0 aliphatic heterocycles. The molecule has 2 aromatic carbocycles. The molecular formula is C24H18FN3OS2. The largest absolute Gasteiger partial charge is 0.286 e. The molecule has 154 valence electrons. The van der Waals surface area contributed by atoms with Crippen LogP contribution in [-0.4, -0.2) is 14.5 Å². The van der Waals surface area contributed by atoms with Crippen molar-refractivity contribution in [2.24, 2.45) is 0 Å². The van der Waals surface area contributed by atoms with Crippen LogP contribution in [0.4, 0.5) is 4.39 Å². The lowest BCUT2D eigenvalue weighted by atomic mass is 10.1. The molecule has 4 nitrogen and oxygen atoms in total. The highest BCUT2D eigenvalue weighted by Crippen LogP contribution is 2.31. The summed E-state index contributed by atoms with van der Waals surface area (Å²) in [5.41, 5.74) is 2.65. The molecule has 0 amide bonds. The molecule has 0 unspecified atom stereocenters. The summed E-state index contributed by atoms with van der Waals surface area (Å²) in [6.45, 7) is 0.527. The number of hydrogen-bond acceptors (Lipinski definition) is 5. The topological polar surface area (TPSA) is 47.8 Å². The SMILES string of the molecule is O=c1c2sc3ncccc3c2nc(SCc2cccc(F)c2)n1CCc1ccccc1. The Morgan fingerprint density at radius 1 is 1.00 bits per heavy atom. The zero-order chi connectivity index (χ0) is 21.2. The number of halogens is 1. The van der Waals surface area contributed by atoms with Crippen molar-refractivity contribution < 1.29 is 4.39 Å². The Kier molecular flexibility index (Phi) is 5.53. The maximum absolute atomic E-state index is 13.6. The van der Waals surface area contributed by atoms with Crippen molar-refractivity contribution in [1.29, 1.82) is 0 Å². The third kappa shape index (κ3) is 4.11. The third-order valence-electron chi connectivity index (χ3n) is 5.04. The van der Waals surface area contributed by atoms with Gasteiger partial charge in [-0.3, -0.25) is 9.36 Å². The van der Waals surface area contributed by atoms with Gasteiger partial charge in [-0.25, -0.2) is 14.4 Å². The summed E-state index contributed by atoms with van der Waals surface area (Å²) in [7, 11) is 0. The van der Waals surface area contributed by atoms with Crippen molar-refractivity contribution in [1.82, 2.24) is 14.5 Å². The molecule has 31 heavy (non-hydrogen) atoms. The van der Waals surface area contributed by atoms with E-state index in [0.29, 0.717) is 27.7 Å². The van der Waals surface area contributed by atoms with Crippen molar-refractivity contribution in [2.45, 2.75) is 23.9 Å². The Balaban J connectivity index is 1.57. The van der Waals surface area contributed by atoms with Crippen LogP contribution in [0, 0.1) is 5.82 Å². The fraction of sp³-hybridized carbons (Fsp3) is 0.125. The van der Waals surface area contributed by atoms with Gasteiger partial charge in [-0.05, 0) is 41.8 Å². The van der Waals surface area contributed by atoms with Crippen LogP contribution in [0.15, 0.2) is 82.9 Å². The first kappa shape index (κ1) is 19.9. The van der Waals surface area contributed by atoms with E-state index in [2.05, 4.69) is 17.1 Å². The van der Waals surface area contributed by atoms with Gasteiger partial charge in [0.05, 0.1) is 5.52 Å². The second-order valence-electron chi connectivity index (χ2n) is 7.14. The number of thioether (sulfide) groups is 1. The lowest BCUT2D eigenvalue weighted by Gasteiger charge is -2.12. The van der Waals surface area contributed by atoms with E-state index in [1.165, 1.54) is 35.2 Å². The van der Waals surface area contributed by atoms with Crippen LogP contribution in [0.1, 0.15) is 11.1 Å². The van der Waals surface area contributed by atoms with E-state index in [1.807, 2.05) is 36.4 Å². The van der Waals surface area contributed by atoms with E-state index >= 15 is 0 Å². The second kappa shape index (κ2) is 8.61. The Labute approximate surface area is 186 Å².